The zero-order chi connectivity index (χ0) is 16.9. The van der Waals surface area contributed by atoms with Crippen LogP contribution in [0.5, 0.6) is 11.5 Å². The van der Waals surface area contributed by atoms with Crippen molar-refractivity contribution in [3.63, 3.8) is 0 Å². The van der Waals surface area contributed by atoms with Crippen LogP contribution in [-0.2, 0) is 9.59 Å². The van der Waals surface area contributed by atoms with Crippen molar-refractivity contribution in [2.75, 3.05) is 0 Å². The highest BCUT2D eigenvalue weighted by atomic mass is 16.6. The molecule has 0 saturated heterocycles. The fourth-order valence-electron chi connectivity index (χ4n) is 2.23. The lowest BCUT2D eigenvalue weighted by atomic mass is 10.0. The molecule has 2 aromatic rings. The molecular formula is C18H14N2O4. The molecule has 0 atom stereocenters. The highest BCUT2D eigenvalue weighted by Gasteiger charge is 2.22. The van der Waals surface area contributed by atoms with E-state index in [1.165, 1.54) is 18.2 Å². The van der Waals surface area contributed by atoms with Crippen LogP contribution in [0.3, 0.4) is 0 Å². The molecule has 6 heteroatoms. The van der Waals surface area contributed by atoms with Gasteiger partial charge in [-0.1, -0.05) is 41.6 Å². The third kappa shape index (κ3) is 3.67. The average molecular weight is 322 g/mol. The first-order valence-corrected chi connectivity index (χ1v) is 7.26. The SMILES string of the molecule is O=C1C=C(C/C(=N\Oc2cccc(O)c2)c2ccccc2)C(=O)N1. The molecule has 2 aromatic carbocycles. The van der Waals surface area contributed by atoms with Crippen LogP contribution in [0.25, 0.3) is 0 Å². The van der Waals surface area contributed by atoms with E-state index in [1.807, 2.05) is 30.3 Å². The summed E-state index contributed by atoms with van der Waals surface area (Å²) in [6, 6.07) is 15.4. The average Bonchev–Trinajstić information content (AvgIpc) is 2.89. The Kier molecular flexibility index (Phi) is 4.38. The third-order valence-electron chi connectivity index (χ3n) is 3.38. The lowest BCUT2D eigenvalue weighted by Gasteiger charge is -2.07. The number of benzene rings is 2. The smallest absolute Gasteiger partial charge is 0.254 e. The fraction of sp³-hybridized carbons (Fsp3) is 0.0556. The molecule has 2 amide bonds. The largest absolute Gasteiger partial charge is 0.508 e. The molecule has 1 aliphatic rings. The van der Waals surface area contributed by atoms with Gasteiger partial charge < -0.3 is 9.94 Å². The maximum atomic E-state index is 11.7. The highest BCUT2D eigenvalue weighted by molar-refractivity contribution is 6.19. The van der Waals surface area contributed by atoms with Gasteiger partial charge in [0, 0.05) is 24.1 Å². The summed E-state index contributed by atoms with van der Waals surface area (Å²) in [6.45, 7) is 0. The molecule has 0 bridgehead atoms. The van der Waals surface area contributed by atoms with Crippen molar-refractivity contribution in [3.05, 3.63) is 71.8 Å². The third-order valence-corrected chi connectivity index (χ3v) is 3.38. The monoisotopic (exact) mass is 322 g/mol. The van der Waals surface area contributed by atoms with Gasteiger partial charge >= 0.3 is 0 Å². The minimum Gasteiger partial charge on any atom is -0.508 e. The number of hydrogen-bond acceptors (Lipinski definition) is 5. The maximum absolute atomic E-state index is 11.7. The van der Waals surface area contributed by atoms with Gasteiger partial charge in [-0.15, -0.1) is 0 Å². The maximum Gasteiger partial charge on any atom is 0.254 e. The lowest BCUT2D eigenvalue weighted by Crippen LogP contribution is -2.23. The van der Waals surface area contributed by atoms with Gasteiger partial charge in [0.05, 0.1) is 5.71 Å². The van der Waals surface area contributed by atoms with Crippen LogP contribution in [-0.4, -0.2) is 22.6 Å². The van der Waals surface area contributed by atoms with Gasteiger partial charge in [-0.05, 0) is 17.7 Å². The number of phenols is 1. The van der Waals surface area contributed by atoms with Crippen molar-refractivity contribution in [2.45, 2.75) is 6.42 Å². The predicted octanol–water partition coefficient (Wildman–Crippen LogP) is 2.15. The quantitative estimate of drug-likeness (QED) is 0.501. The van der Waals surface area contributed by atoms with Crippen LogP contribution >= 0.6 is 0 Å². The van der Waals surface area contributed by atoms with Gasteiger partial charge in [0.1, 0.15) is 5.75 Å². The van der Waals surface area contributed by atoms with E-state index in [0.29, 0.717) is 17.0 Å². The molecule has 24 heavy (non-hydrogen) atoms. The number of nitrogens with one attached hydrogen (secondary N) is 1. The molecule has 0 unspecified atom stereocenters. The Morgan fingerprint density at radius 2 is 1.88 bits per heavy atom. The Morgan fingerprint density at radius 3 is 2.54 bits per heavy atom. The van der Waals surface area contributed by atoms with Crippen LogP contribution in [0.1, 0.15) is 12.0 Å². The normalized spacial score (nSPS) is 14.3. The first-order valence-electron chi connectivity index (χ1n) is 7.26. The number of hydrogen-bond donors (Lipinski definition) is 2. The molecule has 0 spiro atoms. The minimum atomic E-state index is -0.434. The Morgan fingerprint density at radius 1 is 1.08 bits per heavy atom. The number of amides is 2. The van der Waals surface area contributed by atoms with Gasteiger partial charge in [-0.25, -0.2) is 0 Å². The summed E-state index contributed by atoms with van der Waals surface area (Å²) in [5.74, 6) is -0.436. The van der Waals surface area contributed by atoms with Crippen LogP contribution in [0, 0.1) is 0 Å². The van der Waals surface area contributed by atoms with Gasteiger partial charge in [-0.3, -0.25) is 14.9 Å². The van der Waals surface area contributed by atoms with Gasteiger partial charge in [0.25, 0.3) is 11.8 Å². The first kappa shape index (κ1) is 15.5. The zero-order valence-electron chi connectivity index (χ0n) is 12.6. The molecule has 0 saturated carbocycles. The van der Waals surface area contributed by atoms with Crippen molar-refractivity contribution in [2.24, 2.45) is 5.16 Å². The molecule has 1 heterocycles. The topological polar surface area (TPSA) is 88.0 Å². The predicted molar refractivity (Wildman–Crippen MR) is 87.6 cm³/mol. The second-order valence-corrected chi connectivity index (χ2v) is 5.16. The van der Waals surface area contributed by atoms with Crippen molar-refractivity contribution in [3.8, 4) is 11.5 Å². The number of carbonyl (C=O) groups is 2. The summed E-state index contributed by atoms with van der Waals surface area (Å²) in [4.78, 5) is 28.4. The Labute approximate surface area is 138 Å². The molecule has 2 N–H and O–H groups in total. The van der Waals surface area contributed by atoms with E-state index in [4.69, 9.17) is 4.84 Å². The number of nitrogens with zero attached hydrogens (tertiary/aromatic N) is 1. The zero-order valence-corrected chi connectivity index (χ0v) is 12.6. The Hall–Kier alpha value is -3.41. The summed E-state index contributed by atoms with van der Waals surface area (Å²) < 4.78 is 0. The number of imide groups is 1. The molecular weight excluding hydrogens is 308 g/mol. The van der Waals surface area contributed by atoms with Crippen LogP contribution < -0.4 is 10.2 Å². The summed E-state index contributed by atoms with van der Waals surface area (Å²) in [7, 11) is 0. The Balaban J connectivity index is 1.88. The molecule has 1 aliphatic heterocycles. The number of oxime groups is 1. The molecule has 120 valence electrons. The highest BCUT2D eigenvalue weighted by Crippen LogP contribution is 2.19. The number of carbonyl (C=O) groups excluding carboxylic acids is 2. The van der Waals surface area contributed by atoms with Gasteiger partial charge in [0.15, 0.2) is 5.75 Å². The van der Waals surface area contributed by atoms with Gasteiger partial charge in [0.2, 0.25) is 0 Å². The van der Waals surface area contributed by atoms with Crippen LogP contribution in [0.15, 0.2) is 71.4 Å². The van der Waals surface area contributed by atoms with E-state index in [0.717, 1.165) is 5.56 Å². The van der Waals surface area contributed by atoms with Crippen LogP contribution in [0.2, 0.25) is 0 Å². The van der Waals surface area contributed by atoms with Crippen molar-refractivity contribution in [1.29, 1.82) is 0 Å². The van der Waals surface area contributed by atoms with E-state index in [1.54, 1.807) is 12.1 Å². The molecule has 0 aromatic heterocycles. The van der Waals surface area contributed by atoms with Crippen molar-refractivity contribution in [1.82, 2.24) is 5.32 Å². The second kappa shape index (κ2) is 6.78. The summed E-state index contributed by atoms with van der Waals surface area (Å²) in [5, 5.41) is 15.8. The fourth-order valence-corrected chi connectivity index (χ4v) is 2.23. The van der Waals surface area contributed by atoms with Crippen LogP contribution in [0.4, 0.5) is 0 Å². The Bertz CT molecular complexity index is 841. The molecule has 0 aliphatic carbocycles. The summed E-state index contributed by atoms with van der Waals surface area (Å²) in [5.41, 5.74) is 1.59. The van der Waals surface area contributed by atoms with E-state index in [2.05, 4.69) is 10.5 Å². The van der Waals surface area contributed by atoms with Gasteiger partial charge in [-0.2, -0.15) is 0 Å². The van der Waals surface area contributed by atoms with E-state index >= 15 is 0 Å². The van der Waals surface area contributed by atoms with E-state index in [-0.39, 0.29) is 12.2 Å². The summed E-state index contributed by atoms with van der Waals surface area (Å²) in [6.07, 6.45) is 1.41. The molecule has 0 radical (unpaired) electrons. The standard InChI is InChI=1S/C18H14N2O4/c21-14-7-4-8-15(11-14)24-20-16(12-5-2-1-3-6-12)9-13-10-17(22)19-18(13)23/h1-8,10-11,21H,9H2,(H,19,22,23)/b20-16+. The van der Waals surface area contributed by atoms with Crippen molar-refractivity contribution < 1.29 is 19.5 Å². The minimum absolute atomic E-state index is 0.0624. The molecule has 6 nitrogen and oxygen atoms in total. The second-order valence-electron chi connectivity index (χ2n) is 5.16. The number of rotatable bonds is 5. The molecule has 3 rings (SSSR count). The lowest BCUT2D eigenvalue weighted by molar-refractivity contribution is -0.123. The van der Waals surface area contributed by atoms with E-state index < -0.39 is 11.8 Å². The number of aromatic hydroxyl groups is 1. The molecule has 0 fully saturated rings. The van der Waals surface area contributed by atoms with Crippen molar-refractivity contribution >= 4 is 17.5 Å². The van der Waals surface area contributed by atoms with E-state index in [9.17, 15) is 14.7 Å². The first-order chi connectivity index (χ1) is 11.6. The summed E-state index contributed by atoms with van der Waals surface area (Å²) >= 11 is 0. The number of phenolic OH excluding ortho intramolecular Hbond substituents is 1.